The third-order valence-electron chi connectivity index (χ3n) is 4.27. The molecule has 1 aliphatic rings. The van der Waals surface area contributed by atoms with Crippen LogP contribution in [0.4, 0.5) is 5.82 Å². The van der Waals surface area contributed by atoms with Crippen LogP contribution in [-0.2, 0) is 4.74 Å². The van der Waals surface area contributed by atoms with E-state index in [0.717, 1.165) is 25.7 Å². The Hall–Kier alpha value is -1.69. The molecule has 1 fully saturated rings. The minimum absolute atomic E-state index is 0.0993. The fourth-order valence-corrected chi connectivity index (χ4v) is 2.74. The van der Waals surface area contributed by atoms with E-state index in [0.29, 0.717) is 18.1 Å². The summed E-state index contributed by atoms with van der Waals surface area (Å²) >= 11 is 0. The molecule has 6 nitrogen and oxygen atoms in total. The molecule has 1 unspecified atom stereocenters. The van der Waals surface area contributed by atoms with Gasteiger partial charge in [-0.05, 0) is 37.8 Å². The summed E-state index contributed by atoms with van der Waals surface area (Å²) in [5, 5.41) is 13.8. The van der Waals surface area contributed by atoms with Crippen LogP contribution in [0.15, 0.2) is 12.1 Å². The number of amides is 1. The number of carbonyl (C=O) groups is 1. The number of hydrogen-bond donors (Lipinski definition) is 2. The number of nitrogens with one attached hydrogen (secondary N) is 2. The van der Waals surface area contributed by atoms with Gasteiger partial charge in [-0.2, -0.15) is 0 Å². The second kappa shape index (κ2) is 6.85. The van der Waals surface area contributed by atoms with Crippen LogP contribution in [0.3, 0.4) is 0 Å². The Morgan fingerprint density at radius 3 is 2.71 bits per heavy atom. The van der Waals surface area contributed by atoms with E-state index < -0.39 is 0 Å². The Kier molecular flexibility index (Phi) is 5.12. The van der Waals surface area contributed by atoms with Crippen molar-refractivity contribution in [1.82, 2.24) is 15.5 Å². The number of hydrogen-bond acceptors (Lipinski definition) is 5. The van der Waals surface area contributed by atoms with Gasteiger partial charge in [0.05, 0.1) is 5.60 Å². The first-order chi connectivity index (χ1) is 10.1. The summed E-state index contributed by atoms with van der Waals surface area (Å²) in [6.07, 6.45) is 3.63. The molecule has 1 amide bonds. The van der Waals surface area contributed by atoms with Crippen LogP contribution >= 0.6 is 0 Å². The van der Waals surface area contributed by atoms with Gasteiger partial charge in [0.25, 0.3) is 5.91 Å². The topological polar surface area (TPSA) is 76.1 Å². The maximum Gasteiger partial charge on any atom is 0.272 e. The minimum atomic E-state index is -0.168. The monoisotopic (exact) mass is 292 g/mol. The highest BCUT2D eigenvalue weighted by Crippen LogP contribution is 2.31. The fraction of sp³-hybridized carbons (Fsp3) is 0.667. The molecule has 0 radical (unpaired) electrons. The molecule has 0 spiro atoms. The van der Waals surface area contributed by atoms with E-state index in [2.05, 4.69) is 34.7 Å². The van der Waals surface area contributed by atoms with E-state index in [1.807, 2.05) is 0 Å². The Balaban J connectivity index is 1.98. The van der Waals surface area contributed by atoms with E-state index in [1.54, 1.807) is 19.2 Å². The molecule has 21 heavy (non-hydrogen) atoms. The van der Waals surface area contributed by atoms with Gasteiger partial charge in [0.2, 0.25) is 0 Å². The lowest BCUT2D eigenvalue weighted by molar-refractivity contribution is -0.0918. The van der Waals surface area contributed by atoms with Crippen molar-refractivity contribution in [3.05, 3.63) is 17.8 Å². The molecule has 0 aliphatic carbocycles. The third-order valence-corrected chi connectivity index (χ3v) is 4.27. The van der Waals surface area contributed by atoms with E-state index in [1.165, 1.54) is 0 Å². The molecule has 0 aromatic carbocycles. The van der Waals surface area contributed by atoms with Crippen molar-refractivity contribution >= 4 is 11.7 Å². The normalized spacial score (nSPS) is 20.8. The van der Waals surface area contributed by atoms with E-state index in [-0.39, 0.29) is 17.6 Å². The van der Waals surface area contributed by atoms with Gasteiger partial charge in [-0.3, -0.25) is 4.79 Å². The summed E-state index contributed by atoms with van der Waals surface area (Å²) in [6.45, 7) is 4.96. The summed E-state index contributed by atoms with van der Waals surface area (Å²) in [5.41, 5.74) is 0.247. The largest absolute Gasteiger partial charge is 0.375 e. The summed E-state index contributed by atoms with van der Waals surface area (Å²) < 4.78 is 5.92. The maximum absolute atomic E-state index is 12.2. The van der Waals surface area contributed by atoms with Crippen molar-refractivity contribution in [3.63, 3.8) is 0 Å². The van der Waals surface area contributed by atoms with Crippen molar-refractivity contribution in [3.8, 4) is 0 Å². The molecule has 1 saturated heterocycles. The third kappa shape index (κ3) is 3.69. The van der Waals surface area contributed by atoms with Crippen LogP contribution in [0.2, 0.25) is 0 Å². The van der Waals surface area contributed by atoms with E-state index in [4.69, 9.17) is 4.74 Å². The molecule has 1 aromatic rings. The van der Waals surface area contributed by atoms with Crippen LogP contribution in [0, 0.1) is 0 Å². The van der Waals surface area contributed by atoms with Crippen LogP contribution < -0.4 is 10.6 Å². The Morgan fingerprint density at radius 1 is 1.38 bits per heavy atom. The highest BCUT2D eigenvalue weighted by molar-refractivity contribution is 5.92. The van der Waals surface area contributed by atoms with Crippen molar-refractivity contribution in [2.24, 2.45) is 0 Å². The maximum atomic E-state index is 12.2. The lowest BCUT2D eigenvalue weighted by Crippen LogP contribution is -2.48. The molecule has 2 rings (SSSR count). The molecule has 0 saturated carbocycles. The van der Waals surface area contributed by atoms with Gasteiger partial charge in [0, 0.05) is 19.7 Å². The lowest BCUT2D eigenvalue weighted by atomic mass is 9.86. The smallest absolute Gasteiger partial charge is 0.272 e. The van der Waals surface area contributed by atoms with Crippen molar-refractivity contribution in [1.29, 1.82) is 0 Å². The number of ether oxygens (including phenoxy) is 1. The van der Waals surface area contributed by atoms with Gasteiger partial charge in [-0.1, -0.05) is 13.8 Å². The Morgan fingerprint density at radius 2 is 2.14 bits per heavy atom. The lowest BCUT2D eigenvalue weighted by Gasteiger charge is -2.40. The average molecular weight is 292 g/mol. The fourth-order valence-electron chi connectivity index (χ4n) is 2.74. The zero-order valence-corrected chi connectivity index (χ0v) is 13.0. The predicted octanol–water partition coefficient (Wildman–Crippen LogP) is 1.99. The number of anilines is 1. The number of carbonyl (C=O) groups excluding carboxylic acids is 1. The summed E-state index contributed by atoms with van der Waals surface area (Å²) in [4.78, 5) is 12.2. The second-order valence-corrected chi connectivity index (χ2v) is 5.46. The second-order valence-electron chi connectivity index (χ2n) is 5.46. The van der Waals surface area contributed by atoms with E-state index in [9.17, 15) is 4.79 Å². The van der Waals surface area contributed by atoms with Crippen LogP contribution in [-0.4, -0.2) is 41.4 Å². The first-order valence-corrected chi connectivity index (χ1v) is 7.58. The highest BCUT2D eigenvalue weighted by Gasteiger charge is 2.35. The van der Waals surface area contributed by atoms with Gasteiger partial charge < -0.3 is 15.4 Å². The molecule has 2 heterocycles. The molecule has 0 bridgehead atoms. The van der Waals surface area contributed by atoms with Gasteiger partial charge in [0.1, 0.15) is 5.82 Å². The molecule has 6 heteroatoms. The summed E-state index contributed by atoms with van der Waals surface area (Å²) in [5.74, 6) is 0.478. The van der Waals surface area contributed by atoms with Gasteiger partial charge >= 0.3 is 0 Å². The molecular formula is C15H24N4O2. The van der Waals surface area contributed by atoms with Gasteiger partial charge in [0.15, 0.2) is 5.69 Å². The Bertz CT molecular complexity index is 471. The van der Waals surface area contributed by atoms with Crippen molar-refractivity contribution in [2.75, 3.05) is 19.0 Å². The molecule has 1 atom stereocenters. The first kappa shape index (κ1) is 15.7. The SMILES string of the molecule is CCC1(CC)CC(NC(=O)c2ccc(NC)nn2)CCO1. The number of nitrogens with zero attached hydrogens (tertiary/aromatic N) is 2. The predicted molar refractivity (Wildman–Crippen MR) is 81.3 cm³/mol. The molecule has 1 aromatic heterocycles. The van der Waals surface area contributed by atoms with Gasteiger partial charge in [-0.15, -0.1) is 10.2 Å². The molecule has 2 N–H and O–H groups in total. The quantitative estimate of drug-likeness (QED) is 0.868. The number of aromatic nitrogens is 2. The summed E-state index contributed by atoms with van der Waals surface area (Å²) in [7, 11) is 1.76. The van der Waals surface area contributed by atoms with Crippen molar-refractivity contribution < 1.29 is 9.53 Å². The minimum Gasteiger partial charge on any atom is -0.375 e. The van der Waals surface area contributed by atoms with E-state index >= 15 is 0 Å². The average Bonchev–Trinajstić information content (AvgIpc) is 2.55. The van der Waals surface area contributed by atoms with Crippen molar-refractivity contribution in [2.45, 2.75) is 51.2 Å². The first-order valence-electron chi connectivity index (χ1n) is 7.58. The van der Waals surface area contributed by atoms with Crippen LogP contribution in [0.5, 0.6) is 0 Å². The number of rotatable bonds is 5. The highest BCUT2D eigenvalue weighted by atomic mass is 16.5. The molecular weight excluding hydrogens is 268 g/mol. The Labute approximate surface area is 125 Å². The van der Waals surface area contributed by atoms with Gasteiger partial charge in [-0.25, -0.2) is 0 Å². The summed E-state index contributed by atoms with van der Waals surface area (Å²) in [6, 6.07) is 3.56. The molecule has 116 valence electrons. The van der Waals surface area contributed by atoms with Crippen LogP contribution in [0.1, 0.15) is 50.0 Å². The van der Waals surface area contributed by atoms with Crippen LogP contribution in [0.25, 0.3) is 0 Å². The molecule has 1 aliphatic heterocycles. The zero-order chi connectivity index (χ0) is 15.3. The zero-order valence-electron chi connectivity index (χ0n) is 13.0. The standard InChI is InChI=1S/C15H24N4O2/c1-4-15(5-2)10-11(8-9-21-15)17-14(20)12-6-7-13(16-3)19-18-12/h6-7,11H,4-5,8-10H2,1-3H3,(H,16,19)(H,17,20).